The van der Waals surface area contributed by atoms with E-state index < -0.39 is 0 Å². The van der Waals surface area contributed by atoms with E-state index in [4.69, 9.17) is 0 Å². The number of nitrogens with one attached hydrogen (secondary N) is 1. The standard InChI is InChI=1S/C21H26N2O/c1-16-8-3-4-10-18(16)19-11-5-6-12-20(19)21(24)22-14-17-9-7-13-23(2)15-17/h3-6,8,10-12,17H,7,9,13-15H2,1-2H3,(H,22,24)/t17-/m0/s1. The predicted octanol–water partition coefficient (Wildman–Crippen LogP) is 3.73. The minimum Gasteiger partial charge on any atom is -0.352 e. The van der Waals surface area contributed by atoms with Crippen molar-refractivity contribution in [3.05, 3.63) is 59.7 Å². The van der Waals surface area contributed by atoms with E-state index >= 15 is 0 Å². The lowest BCUT2D eigenvalue weighted by Gasteiger charge is -2.29. The highest BCUT2D eigenvalue weighted by Gasteiger charge is 2.19. The summed E-state index contributed by atoms with van der Waals surface area (Å²) in [6.07, 6.45) is 2.42. The van der Waals surface area contributed by atoms with Gasteiger partial charge in [-0.2, -0.15) is 0 Å². The Bertz CT molecular complexity index is 710. The Labute approximate surface area is 144 Å². The second kappa shape index (κ2) is 7.63. The molecule has 24 heavy (non-hydrogen) atoms. The lowest BCUT2D eigenvalue weighted by Crippen LogP contribution is -2.39. The normalized spacial score (nSPS) is 18.3. The highest BCUT2D eigenvalue weighted by Crippen LogP contribution is 2.26. The zero-order valence-electron chi connectivity index (χ0n) is 14.6. The molecule has 2 aromatic rings. The van der Waals surface area contributed by atoms with Gasteiger partial charge < -0.3 is 10.2 Å². The van der Waals surface area contributed by atoms with Crippen molar-refractivity contribution in [2.24, 2.45) is 5.92 Å². The average molecular weight is 322 g/mol. The molecule has 0 unspecified atom stereocenters. The number of piperidine rings is 1. The Morgan fingerprint density at radius 3 is 2.58 bits per heavy atom. The van der Waals surface area contributed by atoms with Gasteiger partial charge in [-0.25, -0.2) is 0 Å². The molecule has 1 fully saturated rings. The van der Waals surface area contributed by atoms with Crippen LogP contribution in [0.3, 0.4) is 0 Å². The minimum absolute atomic E-state index is 0.0297. The number of carbonyl (C=O) groups is 1. The second-order valence-corrected chi connectivity index (χ2v) is 6.84. The lowest BCUT2D eigenvalue weighted by molar-refractivity contribution is 0.0937. The maximum Gasteiger partial charge on any atom is 0.251 e. The fraction of sp³-hybridized carbons (Fsp3) is 0.381. The summed E-state index contributed by atoms with van der Waals surface area (Å²) in [5.41, 5.74) is 4.08. The van der Waals surface area contributed by atoms with Gasteiger partial charge in [-0.1, -0.05) is 42.5 Å². The van der Waals surface area contributed by atoms with Gasteiger partial charge in [0.15, 0.2) is 0 Å². The fourth-order valence-corrected chi connectivity index (χ4v) is 3.56. The van der Waals surface area contributed by atoms with E-state index in [1.807, 2.05) is 36.4 Å². The first-order chi connectivity index (χ1) is 11.6. The molecule has 1 aliphatic heterocycles. The highest BCUT2D eigenvalue weighted by atomic mass is 16.1. The van der Waals surface area contributed by atoms with Gasteiger partial charge in [0.25, 0.3) is 5.91 Å². The van der Waals surface area contributed by atoms with Gasteiger partial charge in [-0.05, 0) is 62.0 Å². The van der Waals surface area contributed by atoms with Crippen LogP contribution in [0.25, 0.3) is 11.1 Å². The first kappa shape index (κ1) is 16.7. The molecule has 1 amide bonds. The molecule has 0 radical (unpaired) electrons. The van der Waals surface area contributed by atoms with E-state index in [2.05, 4.69) is 36.3 Å². The molecule has 0 aliphatic carbocycles. The molecule has 3 nitrogen and oxygen atoms in total. The maximum atomic E-state index is 12.7. The molecule has 3 rings (SSSR count). The molecule has 2 aromatic carbocycles. The molecule has 0 bridgehead atoms. The van der Waals surface area contributed by atoms with Crippen molar-refractivity contribution in [2.75, 3.05) is 26.7 Å². The topological polar surface area (TPSA) is 32.3 Å². The van der Waals surface area contributed by atoms with Crippen LogP contribution in [-0.4, -0.2) is 37.5 Å². The van der Waals surface area contributed by atoms with E-state index in [1.165, 1.54) is 24.9 Å². The third-order valence-electron chi connectivity index (χ3n) is 4.88. The summed E-state index contributed by atoms with van der Waals surface area (Å²) in [6.45, 7) is 5.08. The first-order valence-electron chi connectivity index (χ1n) is 8.77. The van der Waals surface area contributed by atoms with Gasteiger partial charge in [0, 0.05) is 18.7 Å². The number of benzene rings is 2. The summed E-state index contributed by atoms with van der Waals surface area (Å²) in [7, 11) is 2.15. The average Bonchev–Trinajstić information content (AvgIpc) is 2.60. The van der Waals surface area contributed by atoms with Gasteiger partial charge in [-0.3, -0.25) is 4.79 Å². The third kappa shape index (κ3) is 3.85. The van der Waals surface area contributed by atoms with Crippen LogP contribution in [-0.2, 0) is 0 Å². The molecule has 1 N–H and O–H groups in total. The zero-order chi connectivity index (χ0) is 16.9. The number of amides is 1. The maximum absolute atomic E-state index is 12.7. The SMILES string of the molecule is Cc1ccccc1-c1ccccc1C(=O)NC[C@@H]1CCCN(C)C1. The summed E-state index contributed by atoms with van der Waals surface area (Å²) < 4.78 is 0. The first-order valence-corrected chi connectivity index (χ1v) is 8.77. The number of aryl methyl sites for hydroxylation is 1. The third-order valence-corrected chi connectivity index (χ3v) is 4.88. The smallest absolute Gasteiger partial charge is 0.251 e. The summed E-state index contributed by atoms with van der Waals surface area (Å²) in [6, 6.07) is 16.1. The monoisotopic (exact) mass is 322 g/mol. The van der Waals surface area contributed by atoms with Crippen LogP contribution in [0.2, 0.25) is 0 Å². The van der Waals surface area contributed by atoms with Gasteiger partial charge in [0.05, 0.1) is 0 Å². The summed E-state index contributed by atoms with van der Waals surface area (Å²) in [5, 5.41) is 3.15. The van der Waals surface area contributed by atoms with E-state index in [0.717, 1.165) is 29.8 Å². The van der Waals surface area contributed by atoms with Crippen LogP contribution in [0, 0.1) is 12.8 Å². The quantitative estimate of drug-likeness (QED) is 0.930. The number of rotatable bonds is 4. The molecule has 0 spiro atoms. The second-order valence-electron chi connectivity index (χ2n) is 6.84. The number of likely N-dealkylation sites (tertiary alicyclic amines) is 1. The molecule has 1 aliphatic rings. The largest absolute Gasteiger partial charge is 0.352 e. The lowest BCUT2D eigenvalue weighted by atomic mass is 9.95. The van der Waals surface area contributed by atoms with Crippen LogP contribution in [0.4, 0.5) is 0 Å². The Hall–Kier alpha value is -2.13. The molecule has 1 heterocycles. The van der Waals surface area contributed by atoms with Crippen molar-refractivity contribution in [3.8, 4) is 11.1 Å². The van der Waals surface area contributed by atoms with Crippen molar-refractivity contribution in [2.45, 2.75) is 19.8 Å². The predicted molar refractivity (Wildman–Crippen MR) is 99.2 cm³/mol. The van der Waals surface area contributed by atoms with Crippen molar-refractivity contribution >= 4 is 5.91 Å². The van der Waals surface area contributed by atoms with Gasteiger partial charge in [0.2, 0.25) is 0 Å². The van der Waals surface area contributed by atoms with Gasteiger partial charge in [-0.15, -0.1) is 0 Å². The van der Waals surface area contributed by atoms with Crippen molar-refractivity contribution in [1.29, 1.82) is 0 Å². The van der Waals surface area contributed by atoms with E-state index in [0.29, 0.717) is 5.92 Å². The number of carbonyl (C=O) groups excluding carboxylic acids is 1. The highest BCUT2D eigenvalue weighted by molar-refractivity contribution is 6.01. The Morgan fingerprint density at radius 1 is 1.12 bits per heavy atom. The van der Waals surface area contributed by atoms with Crippen LogP contribution < -0.4 is 5.32 Å². The summed E-state index contributed by atoms with van der Waals surface area (Å²) in [5.74, 6) is 0.584. The molecular weight excluding hydrogens is 296 g/mol. The molecule has 0 saturated carbocycles. The Kier molecular flexibility index (Phi) is 5.31. The Morgan fingerprint density at radius 2 is 1.83 bits per heavy atom. The van der Waals surface area contributed by atoms with Crippen LogP contribution in [0.1, 0.15) is 28.8 Å². The van der Waals surface area contributed by atoms with E-state index in [-0.39, 0.29) is 5.91 Å². The molecule has 126 valence electrons. The number of hydrogen-bond donors (Lipinski definition) is 1. The van der Waals surface area contributed by atoms with E-state index in [9.17, 15) is 4.79 Å². The zero-order valence-corrected chi connectivity index (χ0v) is 14.6. The molecular formula is C21H26N2O. The Balaban J connectivity index is 1.75. The molecule has 1 saturated heterocycles. The van der Waals surface area contributed by atoms with Crippen LogP contribution in [0.15, 0.2) is 48.5 Å². The van der Waals surface area contributed by atoms with Crippen LogP contribution in [0.5, 0.6) is 0 Å². The minimum atomic E-state index is 0.0297. The van der Waals surface area contributed by atoms with E-state index in [1.54, 1.807) is 0 Å². The molecule has 0 aromatic heterocycles. The van der Waals surface area contributed by atoms with Gasteiger partial charge in [0.1, 0.15) is 0 Å². The van der Waals surface area contributed by atoms with Crippen molar-refractivity contribution in [1.82, 2.24) is 10.2 Å². The summed E-state index contributed by atoms with van der Waals surface area (Å²) >= 11 is 0. The van der Waals surface area contributed by atoms with Crippen LogP contribution >= 0.6 is 0 Å². The number of hydrogen-bond acceptors (Lipinski definition) is 2. The van der Waals surface area contributed by atoms with Gasteiger partial charge >= 0.3 is 0 Å². The number of nitrogens with zero attached hydrogens (tertiary/aromatic N) is 1. The van der Waals surface area contributed by atoms with Crippen molar-refractivity contribution in [3.63, 3.8) is 0 Å². The molecule has 3 heteroatoms. The molecule has 1 atom stereocenters. The summed E-state index contributed by atoms with van der Waals surface area (Å²) in [4.78, 5) is 15.1. The van der Waals surface area contributed by atoms with Crippen molar-refractivity contribution < 1.29 is 4.79 Å². The fourth-order valence-electron chi connectivity index (χ4n) is 3.56.